The predicted molar refractivity (Wildman–Crippen MR) is 77.5 cm³/mol. The van der Waals surface area contributed by atoms with Crippen LogP contribution in [0.4, 0.5) is 0 Å². The van der Waals surface area contributed by atoms with Crippen molar-refractivity contribution in [2.45, 2.75) is 13.0 Å². The molecule has 0 heterocycles. The second kappa shape index (κ2) is 8.15. The molecule has 1 aromatic rings. The molecule has 4 nitrogen and oxygen atoms in total. The number of rotatable bonds is 8. The Labute approximate surface area is 119 Å². The zero-order valence-electron chi connectivity index (χ0n) is 11.5. The van der Waals surface area contributed by atoms with E-state index in [1.165, 1.54) is 0 Å². The van der Waals surface area contributed by atoms with Gasteiger partial charge in [-0.15, -0.1) is 0 Å². The number of halogens is 1. The van der Waals surface area contributed by atoms with Gasteiger partial charge in [0.05, 0.1) is 6.42 Å². The highest BCUT2D eigenvalue weighted by Crippen LogP contribution is 2.17. The average molecular weight is 285 g/mol. The standard InChI is InChI=1S/C14H21ClN2O2/c1-16(2)9-10-17(8-7-14(18)19)11-12-5-3-4-6-13(12)15/h3-6H,7-11H2,1-2H3,(H,18,19). The third kappa shape index (κ3) is 6.57. The van der Waals surface area contributed by atoms with Crippen LogP contribution in [0, 0.1) is 0 Å². The highest BCUT2D eigenvalue weighted by atomic mass is 35.5. The van der Waals surface area contributed by atoms with Gasteiger partial charge < -0.3 is 10.0 Å². The number of nitrogens with zero attached hydrogens (tertiary/aromatic N) is 2. The van der Waals surface area contributed by atoms with Crippen LogP contribution in [0.1, 0.15) is 12.0 Å². The Kier molecular flexibility index (Phi) is 6.84. The average Bonchev–Trinajstić information content (AvgIpc) is 2.34. The summed E-state index contributed by atoms with van der Waals surface area (Å²) in [7, 11) is 4.01. The Morgan fingerprint density at radius 3 is 2.47 bits per heavy atom. The molecule has 0 aliphatic rings. The lowest BCUT2D eigenvalue weighted by Gasteiger charge is -2.24. The molecule has 0 spiro atoms. The molecular weight excluding hydrogens is 264 g/mol. The molecular formula is C14H21ClN2O2. The number of carboxylic acids is 1. The van der Waals surface area contributed by atoms with Crippen molar-refractivity contribution < 1.29 is 9.90 Å². The van der Waals surface area contributed by atoms with Crippen LogP contribution in [-0.4, -0.2) is 54.6 Å². The van der Waals surface area contributed by atoms with E-state index in [-0.39, 0.29) is 6.42 Å². The SMILES string of the molecule is CN(C)CCN(CCC(=O)O)Cc1ccccc1Cl. The first-order valence-electron chi connectivity index (χ1n) is 6.31. The van der Waals surface area contributed by atoms with Gasteiger partial charge in [0.1, 0.15) is 0 Å². The normalized spacial score (nSPS) is 11.2. The van der Waals surface area contributed by atoms with Gasteiger partial charge in [-0.1, -0.05) is 29.8 Å². The summed E-state index contributed by atoms with van der Waals surface area (Å²) in [6, 6.07) is 7.68. The van der Waals surface area contributed by atoms with Gasteiger partial charge in [-0.2, -0.15) is 0 Å². The number of carboxylic acid groups (broad SMARTS) is 1. The third-order valence-electron chi connectivity index (χ3n) is 2.86. The molecule has 0 aromatic heterocycles. The van der Waals surface area contributed by atoms with E-state index in [2.05, 4.69) is 9.80 Å². The molecule has 0 atom stereocenters. The van der Waals surface area contributed by atoms with Crippen molar-refractivity contribution in [3.63, 3.8) is 0 Å². The molecule has 1 rings (SSSR count). The van der Waals surface area contributed by atoms with E-state index in [9.17, 15) is 4.79 Å². The minimum atomic E-state index is -0.769. The molecule has 1 N–H and O–H groups in total. The molecule has 5 heteroatoms. The fraction of sp³-hybridized carbons (Fsp3) is 0.500. The molecule has 0 aliphatic carbocycles. The van der Waals surface area contributed by atoms with Crippen molar-refractivity contribution in [2.75, 3.05) is 33.7 Å². The molecule has 19 heavy (non-hydrogen) atoms. The second-order valence-corrected chi connectivity index (χ2v) is 5.22. The largest absolute Gasteiger partial charge is 0.481 e. The number of carbonyl (C=O) groups is 1. The van der Waals surface area contributed by atoms with E-state index < -0.39 is 5.97 Å². The molecule has 0 amide bonds. The second-order valence-electron chi connectivity index (χ2n) is 4.81. The zero-order chi connectivity index (χ0) is 14.3. The molecule has 1 aromatic carbocycles. The summed E-state index contributed by atoms with van der Waals surface area (Å²) >= 11 is 6.14. The maximum absolute atomic E-state index is 10.7. The maximum Gasteiger partial charge on any atom is 0.304 e. The van der Waals surface area contributed by atoms with E-state index in [4.69, 9.17) is 16.7 Å². The van der Waals surface area contributed by atoms with Crippen LogP contribution in [-0.2, 0) is 11.3 Å². The van der Waals surface area contributed by atoms with Crippen LogP contribution in [0.5, 0.6) is 0 Å². The van der Waals surface area contributed by atoms with E-state index in [0.29, 0.717) is 13.1 Å². The Morgan fingerprint density at radius 1 is 1.21 bits per heavy atom. The number of likely N-dealkylation sites (N-methyl/N-ethyl adjacent to an activating group) is 1. The Morgan fingerprint density at radius 2 is 1.89 bits per heavy atom. The van der Waals surface area contributed by atoms with Crippen molar-refractivity contribution in [1.82, 2.24) is 9.80 Å². The van der Waals surface area contributed by atoms with Gasteiger partial charge in [-0.05, 0) is 25.7 Å². The van der Waals surface area contributed by atoms with Crippen LogP contribution < -0.4 is 0 Å². The van der Waals surface area contributed by atoms with Gasteiger partial charge in [0.25, 0.3) is 0 Å². The number of benzene rings is 1. The van der Waals surface area contributed by atoms with Gasteiger partial charge in [0, 0.05) is 31.2 Å². The molecule has 0 aliphatic heterocycles. The Bertz CT molecular complexity index is 410. The van der Waals surface area contributed by atoms with Crippen LogP contribution in [0.15, 0.2) is 24.3 Å². The number of hydrogen-bond acceptors (Lipinski definition) is 3. The fourth-order valence-electron chi connectivity index (χ4n) is 1.73. The van der Waals surface area contributed by atoms with Crippen LogP contribution in [0.2, 0.25) is 5.02 Å². The molecule has 0 radical (unpaired) electrons. The third-order valence-corrected chi connectivity index (χ3v) is 3.23. The van der Waals surface area contributed by atoms with Gasteiger partial charge in [0.2, 0.25) is 0 Å². The topological polar surface area (TPSA) is 43.8 Å². The summed E-state index contributed by atoms with van der Waals surface area (Å²) in [4.78, 5) is 14.9. The van der Waals surface area contributed by atoms with Crippen molar-refractivity contribution in [1.29, 1.82) is 0 Å². The Hall–Kier alpha value is -1.10. The minimum Gasteiger partial charge on any atom is -0.481 e. The summed E-state index contributed by atoms with van der Waals surface area (Å²) in [5.41, 5.74) is 1.04. The van der Waals surface area contributed by atoms with Crippen molar-refractivity contribution in [3.8, 4) is 0 Å². The highest BCUT2D eigenvalue weighted by molar-refractivity contribution is 6.31. The maximum atomic E-state index is 10.7. The van der Waals surface area contributed by atoms with E-state index in [1.807, 2.05) is 38.4 Å². The van der Waals surface area contributed by atoms with E-state index >= 15 is 0 Å². The molecule has 0 unspecified atom stereocenters. The number of hydrogen-bond donors (Lipinski definition) is 1. The first-order valence-corrected chi connectivity index (χ1v) is 6.69. The molecule has 0 saturated carbocycles. The van der Waals surface area contributed by atoms with Crippen molar-refractivity contribution >= 4 is 17.6 Å². The Balaban J connectivity index is 2.62. The molecule has 106 valence electrons. The van der Waals surface area contributed by atoms with Crippen molar-refractivity contribution in [2.24, 2.45) is 0 Å². The van der Waals surface area contributed by atoms with Gasteiger partial charge in [-0.25, -0.2) is 0 Å². The van der Waals surface area contributed by atoms with Gasteiger partial charge >= 0.3 is 5.97 Å². The number of aliphatic carboxylic acids is 1. The van der Waals surface area contributed by atoms with Crippen LogP contribution in [0.3, 0.4) is 0 Å². The zero-order valence-corrected chi connectivity index (χ0v) is 12.2. The summed E-state index contributed by atoms with van der Waals surface area (Å²) in [5, 5.41) is 9.53. The van der Waals surface area contributed by atoms with Crippen LogP contribution >= 0.6 is 11.6 Å². The quantitative estimate of drug-likeness (QED) is 0.795. The van der Waals surface area contributed by atoms with Crippen LogP contribution in [0.25, 0.3) is 0 Å². The predicted octanol–water partition coefficient (Wildman–Crippen LogP) is 2.18. The lowest BCUT2D eigenvalue weighted by molar-refractivity contribution is -0.137. The molecule has 0 bridgehead atoms. The summed E-state index contributed by atoms with van der Waals surface area (Å²) < 4.78 is 0. The minimum absolute atomic E-state index is 0.151. The summed E-state index contributed by atoms with van der Waals surface area (Å²) in [6.07, 6.45) is 0.151. The fourth-order valence-corrected chi connectivity index (χ4v) is 1.93. The van der Waals surface area contributed by atoms with Crippen molar-refractivity contribution in [3.05, 3.63) is 34.9 Å². The highest BCUT2D eigenvalue weighted by Gasteiger charge is 2.10. The van der Waals surface area contributed by atoms with Gasteiger partial charge in [0.15, 0.2) is 0 Å². The first-order chi connectivity index (χ1) is 8.99. The summed E-state index contributed by atoms with van der Waals surface area (Å²) in [5.74, 6) is -0.769. The van der Waals surface area contributed by atoms with E-state index in [1.54, 1.807) is 0 Å². The molecule has 0 fully saturated rings. The lowest BCUT2D eigenvalue weighted by Crippen LogP contribution is -2.33. The summed E-state index contributed by atoms with van der Waals surface area (Å²) in [6.45, 7) is 2.94. The smallest absolute Gasteiger partial charge is 0.304 e. The lowest BCUT2D eigenvalue weighted by atomic mass is 10.2. The molecule has 0 saturated heterocycles. The van der Waals surface area contributed by atoms with Gasteiger partial charge in [-0.3, -0.25) is 9.69 Å². The monoisotopic (exact) mass is 284 g/mol. The van der Waals surface area contributed by atoms with E-state index in [0.717, 1.165) is 23.7 Å². The first kappa shape index (κ1) is 16.0.